The van der Waals surface area contributed by atoms with Gasteiger partial charge in [-0.3, -0.25) is 45.5 Å². The molecule has 0 aromatic rings. The van der Waals surface area contributed by atoms with E-state index in [4.69, 9.17) is 11.6 Å². The molecule has 0 spiro atoms. The monoisotopic (exact) mass is 690 g/mol. The summed E-state index contributed by atoms with van der Waals surface area (Å²) in [5.74, 6) is -1.99. The number of halogens is 4. The maximum absolute atomic E-state index is 14.3. The lowest BCUT2D eigenvalue weighted by Gasteiger charge is -2.55. The summed E-state index contributed by atoms with van der Waals surface area (Å²) in [6, 6.07) is -3.19. The zero-order valence-corrected chi connectivity index (χ0v) is 28.1. The predicted octanol–water partition coefficient (Wildman–Crippen LogP) is -0.282. The van der Waals surface area contributed by atoms with E-state index in [2.05, 4.69) is 38.1 Å². The number of ketones is 1. The molecule has 12 nitrogen and oxygen atoms in total. The average molecular weight is 691 g/mol. The molecule has 2 amide bonds. The summed E-state index contributed by atoms with van der Waals surface area (Å²) >= 11 is 6.37. The molecule has 0 aromatic carbocycles. The molecule has 5 aliphatic rings. The van der Waals surface area contributed by atoms with Gasteiger partial charge in [0.15, 0.2) is 5.78 Å². The van der Waals surface area contributed by atoms with Crippen LogP contribution in [0.3, 0.4) is 0 Å². The Morgan fingerprint density at radius 2 is 1.83 bits per heavy atom. The lowest BCUT2D eigenvalue weighted by atomic mass is 9.83. The van der Waals surface area contributed by atoms with Crippen molar-refractivity contribution in [2.75, 3.05) is 45.9 Å². The molecular formula is C31H50ClF3N8O4. The molecule has 1 saturated carbocycles. The summed E-state index contributed by atoms with van der Waals surface area (Å²) in [6.45, 7) is 12.3. The van der Waals surface area contributed by atoms with Crippen LogP contribution in [0.1, 0.15) is 46.5 Å². The Hall–Kier alpha value is -1.85. The molecule has 0 bridgehead atoms. The first-order chi connectivity index (χ1) is 22.2. The van der Waals surface area contributed by atoms with Crippen LogP contribution in [-0.2, 0) is 14.4 Å². The number of alkyl halides is 4. The van der Waals surface area contributed by atoms with Gasteiger partial charge in [-0.2, -0.15) is 13.2 Å². The first-order valence-electron chi connectivity index (χ1n) is 16.8. The van der Waals surface area contributed by atoms with E-state index in [1.54, 1.807) is 4.90 Å². The molecule has 0 radical (unpaired) electrons. The molecule has 11 unspecified atom stereocenters. The summed E-state index contributed by atoms with van der Waals surface area (Å²) < 4.78 is 39.9. The quantitative estimate of drug-likeness (QED) is 0.156. The van der Waals surface area contributed by atoms with Gasteiger partial charge in [0.25, 0.3) is 0 Å². The van der Waals surface area contributed by atoms with Crippen molar-refractivity contribution >= 4 is 29.2 Å². The Labute approximate surface area is 279 Å². The second-order valence-corrected chi connectivity index (χ2v) is 14.4. The number of amides is 2. The third-order valence-electron chi connectivity index (χ3n) is 10.8. The van der Waals surface area contributed by atoms with Gasteiger partial charge in [-0.15, -0.1) is 11.6 Å². The topological polar surface area (TPSA) is 141 Å². The van der Waals surface area contributed by atoms with Crippen LogP contribution in [-0.4, -0.2) is 149 Å². The Bertz CT molecular complexity index is 1170. The van der Waals surface area contributed by atoms with E-state index in [0.29, 0.717) is 45.8 Å². The second-order valence-electron chi connectivity index (χ2n) is 13.8. The summed E-state index contributed by atoms with van der Waals surface area (Å²) in [4.78, 5) is 47.0. The van der Waals surface area contributed by atoms with Crippen molar-refractivity contribution in [2.45, 2.75) is 113 Å². The van der Waals surface area contributed by atoms with E-state index in [-0.39, 0.29) is 61.5 Å². The van der Waals surface area contributed by atoms with Crippen LogP contribution in [0.15, 0.2) is 12.2 Å². The minimum atomic E-state index is -4.31. The molecule has 47 heavy (non-hydrogen) atoms. The van der Waals surface area contributed by atoms with Crippen molar-refractivity contribution in [2.24, 2.45) is 5.92 Å². The Balaban J connectivity index is 1.29. The summed E-state index contributed by atoms with van der Waals surface area (Å²) in [6.07, 6.45) is -5.29. The van der Waals surface area contributed by atoms with Gasteiger partial charge < -0.3 is 15.3 Å². The normalized spacial score (nSPS) is 39.3. The van der Waals surface area contributed by atoms with Crippen molar-refractivity contribution in [1.29, 1.82) is 0 Å². The van der Waals surface area contributed by atoms with Gasteiger partial charge in [-0.25, -0.2) is 0 Å². The maximum atomic E-state index is 14.3. The minimum absolute atomic E-state index is 0.00676. The molecule has 0 aromatic heterocycles. The van der Waals surface area contributed by atoms with Crippen LogP contribution in [0.5, 0.6) is 0 Å². The fourth-order valence-corrected chi connectivity index (χ4v) is 8.35. The zero-order valence-electron chi connectivity index (χ0n) is 27.4. The van der Waals surface area contributed by atoms with E-state index >= 15 is 0 Å². The molecular weight excluding hydrogens is 641 g/mol. The van der Waals surface area contributed by atoms with E-state index in [1.807, 2.05) is 25.7 Å². The molecule has 16 heteroatoms. The highest BCUT2D eigenvalue weighted by Crippen LogP contribution is 2.39. The Morgan fingerprint density at radius 1 is 1.13 bits per heavy atom. The van der Waals surface area contributed by atoms with Crippen molar-refractivity contribution in [3.8, 4) is 0 Å². The smallest absolute Gasteiger partial charge is 0.389 e. The number of rotatable bonds is 7. The van der Waals surface area contributed by atoms with Gasteiger partial charge >= 0.3 is 6.18 Å². The van der Waals surface area contributed by atoms with Gasteiger partial charge in [-0.1, -0.05) is 19.1 Å². The Morgan fingerprint density at radius 3 is 2.45 bits per heavy atom. The van der Waals surface area contributed by atoms with Crippen LogP contribution < -0.4 is 26.6 Å². The molecule has 5 rings (SSSR count). The van der Waals surface area contributed by atoms with Crippen molar-refractivity contribution in [3.05, 3.63) is 12.2 Å². The summed E-state index contributed by atoms with van der Waals surface area (Å²) in [5.41, 5.74) is 0.875. The highest BCUT2D eigenvalue weighted by Gasteiger charge is 2.53. The molecule has 4 heterocycles. The van der Waals surface area contributed by atoms with Crippen LogP contribution in [0.25, 0.3) is 0 Å². The molecule has 6 N–H and O–H groups in total. The molecule has 4 saturated heterocycles. The number of fused-ring (bicyclic) bond motifs is 1. The van der Waals surface area contributed by atoms with Crippen LogP contribution in [0.2, 0.25) is 0 Å². The van der Waals surface area contributed by atoms with Gasteiger partial charge in [0.2, 0.25) is 11.8 Å². The zero-order chi connectivity index (χ0) is 34.2. The third-order valence-corrected chi connectivity index (χ3v) is 11.3. The molecule has 11 atom stereocenters. The number of nitrogens with one attached hydrogen (secondary N) is 5. The number of nitrogens with zero attached hydrogens (tertiary/aromatic N) is 3. The van der Waals surface area contributed by atoms with E-state index in [0.717, 1.165) is 5.57 Å². The number of carbonyl (C=O) groups excluding carboxylic acids is 3. The van der Waals surface area contributed by atoms with Crippen molar-refractivity contribution in [3.63, 3.8) is 0 Å². The predicted molar refractivity (Wildman–Crippen MR) is 170 cm³/mol. The highest BCUT2D eigenvalue weighted by atomic mass is 35.5. The number of aliphatic hydroxyl groups is 1. The standard InChI is InChI=1S/C31H50ClF3N8O4/c1-5-22-26(41-8-10-42(11-9-41)30(47)25-27(45)17(4)37-15-38-25)28(46)24-29(36-13-21(40-24)16(2)3)43(22)14-23(44)39-20-7-6-18(12-19(20)32)31(33,34)35/h17-22,24-27,29,36-38,40,45H,2,5-15H2,1,3-4H3,(H,39,44). The second kappa shape index (κ2) is 15.0. The molecule has 266 valence electrons. The van der Waals surface area contributed by atoms with Gasteiger partial charge in [0.1, 0.15) is 6.04 Å². The number of carbonyl (C=O) groups is 3. The summed E-state index contributed by atoms with van der Waals surface area (Å²) in [7, 11) is 0. The SMILES string of the molecule is C=C(C)C1CNC2C(N1)C(=O)C(N1CCN(C(=O)C3NCNC(C)C3O)CC1)C(CC)N2CC(=O)NC1CCC(C(F)(F)F)CC1Cl. The number of likely N-dealkylation sites (tertiary alicyclic amines) is 1. The molecule has 1 aliphatic carbocycles. The average Bonchev–Trinajstić information content (AvgIpc) is 3.03. The first kappa shape index (κ1) is 36.4. The number of piperazine rings is 2. The summed E-state index contributed by atoms with van der Waals surface area (Å²) in [5, 5.41) is 25.7. The van der Waals surface area contributed by atoms with Gasteiger partial charge in [-0.05, 0) is 39.5 Å². The lowest BCUT2D eigenvalue weighted by molar-refractivity contribution is -0.182. The van der Waals surface area contributed by atoms with Crippen LogP contribution in [0.4, 0.5) is 13.2 Å². The lowest BCUT2D eigenvalue weighted by Crippen LogP contribution is -2.79. The van der Waals surface area contributed by atoms with Crippen molar-refractivity contribution in [1.82, 2.24) is 41.3 Å². The number of piperidine rings is 1. The van der Waals surface area contributed by atoms with Crippen molar-refractivity contribution < 1.29 is 32.7 Å². The van der Waals surface area contributed by atoms with Gasteiger partial charge in [0.05, 0.1) is 42.2 Å². The molecule has 5 fully saturated rings. The highest BCUT2D eigenvalue weighted by molar-refractivity contribution is 6.21. The van der Waals surface area contributed by atoms with Crippen LogP contribution in [0, 0.1) is 5.92 Å². The van der Waals surface area contributed by atoms with E-state index < -0.39 is 53.9 Å². The largest absolute Gasteiger partial charge is 0.391 e. The fourth-order valence-electron chi connectivity index (χ4n) is 7.95. The first-order valence-corrected chi connectivity index (χ1v) is 17.3. The fraction of sp³-hybridized carbons (Fsp3) is 0.839. The third kappa shape index (κ3) is 7.82. The van der Waals surface area contributed by atoms with Crippen LogP contribution >= 0.6 is 11.6 Å². The van der Waals surface area contributed by atoms with E-state index in [9.17, 15) is 32.7 Å². The maximum Gasteiger partial charge on any atom is 0.391 e. The number of hydrogen-bond donors (Lipinski definition) is 6. The number of Topliss-reactive ketones (excluding diaryl/α,β-unsaturated/α-hetero) is 1. The van der Waals surface area contributed by atoms with E-state index in [1.165, 1.54) is 0 Å². The Kier molecular flexibility index (Phi) is 11.6. The number of aliphatic hydroxyl groups excluding tert-OH is 1. The minimum Gasteiger partial charge on any atom is -0.389 e. The number of hydrogen-bond acceptors (Lipinski definition) is 10. The molecule has 4 aliphatic heterocycles. The van der Waals surface area contributed by atoms with Gasteiger partial charge in [0, 0.05) is 63.6 Å².